The number of hydrogen-bond donors (Lipinski definition) is 2. The Bertz CT molecular complexity index is 573. The van der Waals surface area contributed by atoms with Crippen LogP contribution in [0.4, 0.5) is 4.79 Å². The molecule has 0 bridgehead atoms. The van der Waals surface area contributed by atoms with Crippen molar-refractivity contribution < 1.29 is 13.2 Å². The summed E-state index contributed by atoms with van der Waals surface area (Å²) in [7, 11) is -3.28. The molecule has 0 saturated carbocycles. The van der Waals surface area contributed by atoms with Crippen LogP contribution < -0.4 is 10.6 Å². The summed E-state index contributed by atoms with van der Waals surface area (Å²) in [5.74, 6) is 0. The van der Waals surface area contributed by atoms with Gasteiger partial charge >= 0.3 is 6.03 Å². The Morgan fingerprint density at radius 3 is 2.39 bits per heavy atom. The van der Waals surface area contributed by atoms with E-state index in [1.165, 1.54) is 16.1 Å². The SMILES string of the molecule is CC(C)NC(=O)NCCN(CCCc1ccccc1)S(C)(=O)=O. The van der Waals surface area contributed by atoms with E-state index in [0.717, 1.165) is 12.8 Å². The van der Waals surface area contributed by atoms with Crippen molar-refractivity contribution in [3.8, 4) is 0 Å². The van der Waals surface area contributed by atoms with Crippen LogP contribution in [0.3, 0.4) is 0 Å². The van der Waals surface area contributed by atoms with Gasteiger partial charge in [-0.25, -0.2) is 17.5 Å². The summed E-state index contributed by atoms with van der Waals surface area (Å²) in [6.45, 7) is 4.75. The van der Waals surface area contributed by atoms with Crippen LogP contribution in [0, 0.1) is 0 Å². The molecule has 0 aliphatic carbocycles. The molecule has 23 heavy (non-hydrogen) atoms. The number of carbonyl (C=O) groups is 1. The molecule has 2 amide bonds. The van der Waals surface area contributed by atoms with Crippen molar-refractivity contribution in [1.29, 1.82) is 0 Å². The predicted molar refractivity (Wildman–Crippen MR) is 92.9 cm³/mol. The molecule has 0 aromatic heterocycles. The third-order valence-electron chi connectivity index (χ3n) is 3.25. The van der Waals surface area contributed by atoms with E-state index in [1.54, 1.807) is 0 Å². The van der Waals surface area contributed by atoms with Crippen LogP contribution in [0.5, 0.6) is 0 Å². The lowest BCUT2D eigenvalue weighted by Crippen LogP contribution is -2.44. The Balaban J connectivity index is 2.40. The Morgan fingerprint density at radius 1 is 1.17 bits per heavy atom. The third kappa shape index (κ3) is 8.56. The number of nitrogens with zero attached hydrogens (tertiary/aromatic N) is 1. The summed E-state index contributed by atoms with van der Waals surface area (Å²) in [6, 6.07) is 9.73. The molecule has 0 fully saturated rings. The molecule has 0 aliphatic rings. The molecule has 6 nitrogen and oxygen atoms in total. The number of carbonyl (C=O) groups excluding carboxylic acids is 1. The molecule has 0 saturated heterocycles. The van der Waals surface area contributed by atoms with Crippen molar-refractivity contribution in [2.75, 3.05) is 25.9 Å². The maximum atomic E-state index is 11.8. The third-order valence-corrected chi connectivity index (χ3v) is 4.55. The number of benzene rings is 1. The fourth-order valence-electron chi connectivity index (χ4n) is 2.16. The van der Waals surface area contributed by atoms with E-state index in [1.807, 2.05) is 44.2 Å². The van der Waals surface area contributed by atoms with Gasteiger partial charge in [-0.3, -0.25) is 0 Å². The maximum absolute atomic E-state index is 11.8. The Morgan fingerprint density at radius 2 is 1.83 bits per heavy atom. The average Bonchev–Trinajstić information content (AvgIpc) is 2.45. The van der Waals surface area contributed by atoms with Gasteiger partial charge in [0.05, 0.1) is 6.26 Å². The van der Waals surface area contributed by atoms with Gasteiger partial charge in [0.2, 0.25) is 10.0 Å². The molecule has 130 valence electrons. The van der Waals surface area contributed by atoms with E-state index in [0.29, 0.717) is 6.54 Å². The highest BCUT2D eigenvalue weighted by atomic mass is 32.2. The first-order chi connectivity index (χ1) is 10.8. The molecule has 2 N–H and O–H groups in total. The topological polar surface area (TPSA) is 78.5 Å². The first kappa shape index (κ1) is 19.4. The molecular weight excluding hydrogens is 314 g/mol. The van der Waals surface area contributed by atoms with Crippen molar-refractivity contribution in [1.82, 2.24) is 14.9 Å². The number of nitrogens with one attached hydrogen (secondary N) is 2. The van der Waals surface area contributed by atoms with Crippen LogP contribution in [-0.2, 0) is 16.4 Å². The molecule has 0 heterocycles. The maximum Gasteiger partial charge on any atom is 0.315 e. The van der Waals surface area contributed by atoms with Crippen molar-refractivity contribution in [2.45, 2.75) is 32.7 Å². The van der Waals surface area contributed by atoms with Gasteiger partial charge in [0, 0.05) is 25.7 Å². The number of aryl methyl sites for hydroxylation is 1. The van der Waals surface area contributed by atoms with Crippen LogP contribution in [0.15, 0.2) is 30.3 Å². The van der Waals surface area contributed by atoms with Gasteiger partial charge in [-0.15, -0.1) is 0 Å². The van der Waals surface area contributed by atoms with Gasteiger partial charge in [-0.1, -0.05) is 30.3 Å². The highest BCUT2D eigenvalue weighted by Gasteiger charge is 2.16. The monoisotopic (exact) mass is 341 g/mol. The lowest BCUT2D eigenvalue weighted by atomic mass is 10.1. The first-order valence-corrected chi connectivity index (χ1v) is 9.67. The minimum atomic E-state index is -3.28. The zero-order chi connectivity index (χ0) is 17.3. The summed E-state index contributed by atoms with van der Waals surface area (Å²) < 4.78 is 25.1. The van der Waals surface area contributed by atoms with E-state index < -0.39 is 10.0 Å². The summed E-state index contributed by atoms with van der Waals surface area (Å²) in [5.41, 5.74) is 1.19. The number of amides is 2. The molecule has 7 heteroatoms. The molecule has 0 radical (unpaired) electrons. The molecule has 0 atom stereocenters. The number of rotatable bonds is 9. The molecule has 1 rings (SSSR count). The van der Waals surface area contributed by atoms with Crippen molar-refractivity contribution in [2.24, 2.45) is 0 Å². The molecule has 1 aromatic rings. The second kappa shape index (κ2) is 9.52. The minimum absolute atomic E-state index is 0.0480. The predicted octanol–water partition coefficient (Wildman–Crippen LogP) is 1.59. The Labute approximate surface area is 139 Å². The number of urea groups is 1. The van der Waals surface area contributed by atoms with Crippen LogP contribution in [0.2, 0.25) is 0 Å². The number of sulfonamides is 1. The lowest BCUT2D eigenvalue weighted by molar-refractivity contribution is 0.237. The molecular formula is C16H27N3O3S. The molecule has 0 spiro atoms. The summed E-state index contributed by atoms with van der Waals surface area (Å²) in [5, 5.41) is 5.37. The highest BCUT2D eigenvalue weighted by Crippen LogP contribution is 2.05. The normalized spacial score (nSPS) is 11.7. The largest absolute Gasteiger partial charge is 0.337 e. The van der Waals surface area contributed by atoms with E-state index >= 15 is 0 Å². The minimum Gasteiger partial charge on any atom is -0.337 e. The van der Waals surface area contributed by atoms with Gasteiger partial charge < -0.3 is 10.6 Å². The lowest BCUT2D eigenvalue weighted by Gasteiger charge is -2.20. The van der Waals surface area contributed by atoms with Crippen molar-refractivity contribution in [3.63, 3.8) is 0 Å². The molecule has 1 aromatic carbocycles. The van der Waals surface area contributed by atoms with E-state index in [2.05, 4.69) is 10.6 Å². The fraction of sp³-hybridized carbons (Fsp3) is 0.562. The molecule has 0 unspecified atom stereocenters. The van der Waals surface area contributed by atoms with Crippen LogP contribution in [0.25, 0.3) is 0 Å². The summed E-state index contributed by atoms with van der Waals surface area (Å²) >= 11 is 0. The smallest absolute Gasteiger partial charge is 0.315 e. The van der Waals surface area contributed by atoms with E-state index in [-0.39, 0.29) is 25.2 Å². The van der Waals surface area contributed by atoms with Gasteiger partial charge in [0.25, 0.3) is 0 Å². The zero-order valence-electron chi connectivity index (χ0n) is 14.1. The quantitative estimate of drug-likeness (QED) is 0.716. The second-order valence-corrected chi connectivity index (χ2v) is 7.79. The van der Waals surface area contributed by atoms with Crippen LogP contribution in [0.1, 0.15) is 25.8 Å². The number of hydrogen-bond acceptors (Lipinski definition) is 3. The van der Waals surface area contributed by atoms with E-state index in [4.69, 9.17) is 0 Å². The van der Waals surface area contributed by atoms with Gasteiger partial charge in [-0.2, -0.15) is 0 Å². The summed E-state index contributed by atoms with van der Waals surface area (Å²) in [4.78, 5) is 11.5. The Kier molecular flexibility index (Phi) is 8.05. The standard InChI is InChI=1S/C16H27N3O3S/c1-14(2)18-16(20)17-11-13-19(23(3,21)22)12-7-10-15-8-5-4-6-9-15/h4-6,8-9,14H,7,10-13H2,1-3H3,(H2,17,18,20). The van der Waals surface area contributed by atoms with Gasteiger partial charge in [0.1, 0.15) is 0 Å². The average molecular weight is 341 g/mol. The van der Waals surface area contributed by atoms with E-state index in [9.17, 15) is 13.2 Å². The summed E-state index contributed by atoms with van der Waals surface area (Å²) in [6.07, 6.45) is 2.77. The van der Waals surface area contributed by atoms with Gasteiger partial charge in [0.15, 0.2) is 0 Å². The van der Waals surface area contributed by atoms with Crippen LogP contribution >= 0.6 is 0 Å². The fourth-order valence-corrected chi connectivity index (χ4v) is 3.04. The highest BCUT2D eigenvalue weighted by molar-refractivity contribution is 7.88. The van der Waals surface area contributed by atoms with Crippen molar-refractivity contribution >= 4 is 16.1 Å². The van der Waals surface area contributed by atoms with Crippen LogP contribution in [-0.4, -0.2) is 50.7 Å². The molecule has 0 aliphatic heterocycles. The second-order valence-electron chi connectivity index (χ2n) is 5.81. The Hall–Kier alpha value is -1.60. The van der Waals surface area contributed by atoms with Crippen molar-refractivity contribution in [3.05, 3.63) is 35.9 Å². The van der Waals surface area contributed by atoms with Gasteiger partial charge in [-0.05, 0) is 32.3 Å². The zero-order valence-corrected chi connectivity index (χ0v) is 14.9. The first-order valence-electron chi connectivity index (χ1n) is 7.82.